The van der Waals surface area contributed by atoms with Gasteiger partial charge < -0.3 is 9.84 Å². The van der Waals surface area contributed by atoms with Gasteiger partial charge in [0.2, 0.25) is 0 Å². The Morgan fingerprint density at radius 1 is 1.12 bits per heavy atom. The first-order valence-electron chi connectivity index (χ1n) is 7.79. The number of aromatic nitrogens is 6. The molecule has 3 aromatic rings. The second-order valence-electron chi connectivity index (χ2n) is 5.94. The van der Waals surface area contributed by atoms with E-state index in [4.69, 9.17) is 16.3 Å². The maximum absolute atomic E-state index is 11.7. The topological polar surface area (TPSA) is 90.9 Å². The van der Waals surface area contributed by atoms with E-state index in [1.807, 2.05) is 13.8 Å². The number of halogens is 1. The van der Waals surface area contributed by atoms with Crippen molar-refractivity contribution in [2.45, 2.75) is 38.3 Å². The summed E-state index contributed by atoms with van der Waals surface area (Å²) < 4.78 is 9.04. The summed E-state index contributed by atoms with van der Waals surface area (Å²) in [5.74, 6) is 0. The molecule has 2 atom stereocenters. The Bertz CT molecular complexity index is 776. The van der Waals surface area contributed by atoms with E-state index in [2.05, 4.69) is 20.2 Å². The smallest absolute Gasteiger partial charge is 0.186 e. The number of hydrogen-bond acceptors (Lipinski definition) is 6. The molecule has 0 saturated heterocycles. The minimum Gasteiger partial charge on any atom is -0.378 e. The molecule has 0 fully saturated rings. The second-order valence-corrected chi connectivity index (χ2v) is 6.37. The summed E-state index contributed by atoms with van der Waals surface area (Å²) in [6.45, 7) is 3.90. The van der Waals surface area contributed by atoms with Crippen molar-refractivity contribution >= 4 is 11.6 Å². The lowest BCUT2D eigenvalue weighted by molar-refractivity contribution is -0.184. The molecular weight excluding hydrogens is 344 g/mol. The number of rotatable bonds is 7. The average Bonchev–Trinajstić information content (AvgIpc) is 3.26. The highest BCUT2D eigenvalue weighted by Crippen LogP contribution is 2.36. The van der Waals surface area contributed by atoms with Crippen molar-refractivity contribution in [3.63, 3.8) is 0 Å². The molecule has 0 radical (unpaired) electrons. The molecule has 8 nitrogen and oxygen atoms in total. The first-order valence-corrected chi connectivity index (χ1v) is 8.17. The van der Waals surface area contributed by atoms with Gasteiger partial charge in [-0.3, -0.25) is 0 Å². The van der Waals surface area contributed by atoms with Crippen LogP contribution >= 0.6 is 11.6 Å². The molecule has 0 aliphatic rings. The van der Waals surface area contributed by atoms with Gasteiger partial charge in [-0.05, 0) is 31.5 Å². The summed E-state index contributed by atoms with van der Waals surface area (Å²) in [5, 5.41) is 20.5. The zero-order valence-corrected chi connectivity index (χ0v) is 14.7. The van der Waals surface area contributed by atoms with E-state index in [9.17, 15) is 5.11 Å². The fourth-order valence-electron chi connectivity index (χ4n) is 2.60. The van der Waals surface area contributed by atoms with Crippen LogP contribution in [0.3, 0.4) is 0 Å². The zero-order valence-electron chi connectivity index (χ0n) is 13.9. The van der Waals surface area contributed by atoms with Crippen molar-refractivity contribution in [1.82, 2.24) is 29.5 Å². The zero-order chi connectivity index (χ0) is 17.9. The van der Waals surface area contributed by atoms with Crippen LogP contribution in [-0.2, 0) is 16.9 Å². The van der Waals surface area contributed by atoms with Gasteiger partial charge in [0.1, 0.15) is 25.3 Å². The van der Waals surface area contributed by atoms with Crippen LogP contribution in [0.5, 0.6) is 0 Å². The lowest BCUT2D eigenvalue weighted by atomic mass is 9.91. The van der Waals surface area contributed by atoms with Gasteiger partial charge >= 0.3 is 0 Å². The van der Waals surface area contributed by atoms with Crippen LogP contribution in [0, 0.1) is 0 Å². The van der Waals surface area contributed by atoms with E-state index in [0.717, 1.165) is 0 Å². The first kappa shape index (κ1) is 17.5. The highest BCUT2D eigenvalue weighted by Gasteiger charge is 2.43. The maximum atomic E-state index is 11.7. The van der Waals surface area contributed by atoms with Gasteiger partial charge in [0, 0.05) is 5.02 Å². The Hall–Kier alpha value is -2.29. The van der Waals surface area contributed by atoms with Crippen molar-refractivity contribution in [1.29, 1.82) is 0 Å². The molecule has 0 amide bonds. The van der Waals surface area contributed by atoms with Crippen molar-refractivity contribution in [3.8, 4) is 0 Å². The normalized spacial score (nSPS) is 15.2. The van der Waals surface area contributed by atoms with Crippen LogP contribution in [-0.4, -0.2) is 40.7 Å². The first-order chi connectivity index (χ1) is 12.0. The molecule has 1 N–H and O–H groups in total. The van der Waals surface area contributed by atoms with E-state index in [-0.39, 0.29) is 12.6 Å². The molecule has 1 aromatic carbocycles. The average molecular weight is 363 g/mol. The van der Waals surface area contributed by atoms with E-state index in [1.165, 1.54) is 30.0 Å². The van der Waals surface area contributed by atoms with Gasteiger partial charge in [0.05, 0.1) is 12.6 Å². The molecular formula is C16H19ClN6O2. The molecule has 25 heavy (non-hydrogen) atoms. The predicted octanol–water partition coefficient (Wildman–Crippen LogP) is 2.03. The second kappa shape index (κ2) is 7.30. The van der Waals surface area contributed by atoms with E-state index in [1.54, 1.807) is 28.9 Å². The summed E-state index contributed by atoms with van der Waals surface area (Å²) >= 11 is 6.00. The monoisotopic (exact) mass is 362 g/mol. The van der Waals surface area contributed by atoms with E-state index in [0.29, 0.717) is 10.6 Å². The minimum absolute atomic E-state index is 0.117. The van der Waals surface area contributed by atoms with Gasteiger partial charge in [0.25, 0.3) is 0 Å². The third-order valence-electron chi connectivity index (χ3n) is 3.70. The number of nitrogens with zero attached hydrogens (tertiary/aromatic N) is 6. The van der Waals surface area contributed by atoms with Gasteiger partial charge in [-0.25, -0.2) is 19.3 Å². The Balaban J connectivity index is 2.08. The van der Waals surface area contributed by atoms with Crippen molar-refractivity contribution in [2.24, 2.45) is 0 Å². The maximum Gasteiger partial charge on any atom is 0.186 e. The fourth-order valence-corrected chi connectivity index (χ4v) is 2.73. The Morgan fingerprint density at radius 3 is 2.36 bits per heavy atom. The molecule has 0 aliphatic carbocycles. The Kier molecular flexibility index (Phi) is 5.12. The largest absolute Gasteiger partial charge is 0.378 e. The Morgan fingerprint density at radius 2 is 1.80 bits per heavy atom. The molecule has 0 spiro atoms. The standard InChI is InChI=1S/C16H19ClN6O2/c1-12(2)25-15(23-11-19-9-21-23)16(24,7-22-10-18-8-20-22)13-3-5-14(17)6-4-13/h3-6,8-12,15,24H,7H2,1-2H3. The quantitative estimate of drug-likeness (QED) is 0.691. The number of ether oxygens (including phenoxy) is 1. The molecule has 9 heteroatoms. The van der Waals surface area contributed by atoms with Gasteiger partial charge in [0.15, 0.2) is 11.8 Å². The third-order valence-corrected chi connectivity index (χ3v) is 3.95. The molecule has 0 aliphatic heterocycles. The van der Waals surface area contributed by atoms with Crippen LogP contribution in [0.15, 0.2) is 49.6 Å². The highest BCUT2D eigenvalue weighted by atomic mass is 35.5. The molecule has 132 valence electrons. The summed E-state index contributed by atoms with van der Waals surface area (Å²) in [6.07, 6.45) is 4.89. The highest BCUT2D eigenvalue weighted by molar-refractivity contribution is 6.30. The molecule has 0 bridgehead atoms. The van der Waals surface area contributed by atoms with Crippen LogP contribution < -0.4 is 0 Å². The van der Waals surface area contributed by atoms with Crippen LogP contribution in [0.2, 0.25) is 5.02 Å². The third kappa shape index (κ3) is 3.87. The number of hydrogen-bond donors (Lipinski definition) is 1. The number of aliphatic hydroxyl groups is 1. The SMILES string of the molecule is CC(C)OC(n1cncn1)C(O)(Cn1cncn1)c1ccc(Cl)cc1. The molecule has 2 heterocycles. The Labute approximate surface area is 150 Å². The van der Waals surface area contributed by atoms with Gasteiger partial charge in [-0.1, -0.05) is 23.7 Å². The van der Waals surface area contributed by atoms with Gasteiger partial charge in [-0.2, -0.15) is 10.2 Å². The van der Waals surface area contributed by atoms with Crippen LogP contribution in [0.4, 0.5) is 0 Å². The summed E-state index contributed by atoms with van der Waals surface area (Å²) in [7, 11) is 0. The number of benzene rings is 1. The van der Waals surface area contributed by atoms with Crippen molar-refractivity contribution in [2.75, 3.05) is 0 Å². The van der Waals surface area contributed by atoms with Crippen molar-refractivity contribution < 1.29 is 9.84 Å². The molecule has 0 saturated carbocycles. The van der Waals surface area contributed by atoms with E-state index < -0.39 is 11.8 Å². The van der Waals surface area contributed by atoms with Crippen LogP contribution in [0.25, 0.3) is 0 Å². The summed E-state index contributed by atoms with van der Waals surface area (Å²) in [5.41, 5.74) is -0.857. The summed E-state index contributed by atoms with van der Waals surface area (Å²) in [6, 6.07) is 6.95. The summed E-state index contributed by atoms with van der Waals surface area (Å²) in [4.78, 5) is 7.91. The minimum atomic E-state index is -1.48. The molecule has 2 aromatic heterocycles. The predicted molar refractivity (Wildman–Crippen MR) is 90.7 cm³/mol. The van der Waals surface area contributed by atoms with E-state index >= 15 is 0 Å². The van der Waals surface area contributed by atoms with Gasteiger partial charge in [-0.15, -0.1) is 0 Å². The fraction of sp³-hybridized carbons (Fsp3) is 0.375. The van der Waals surface area contributed by atoms with Crippen LogP contribution in [0.1, 0.15) is 25.6 Å². The van der Waals surface area contributed by atoms with Crippen molar-refractivity contribution in [3.05, 3.63) is 60.2 Å². The lowest BCUT2D eigenvalue weighted by Crippen LogP contribution is -2.43. The molecule has 2 unspecified atom stereocenters. The lowest BCUT2D eigenvalue weighted by Gasteiger charge is -2.37. The molecule has 3 rings (SSSR count).